The van der Waals surface area contributed by atoms with Crippen molar-refractivity contribution in [2.75, 3.05) is 20.1 Å². The Morgan fingerprint density at radius 1 is 1.60 bits per heavy atom. The Balaban J connectivity index is 2.67. The molecule has 0 radical (unpaired) electrons. The maximum absolute atomic E-state index is 12.0. The van der Waals surface area contributed by atoms with Crippen molar-refractivity contribution in [3.8, 4) is 0 Å². The molecule has 0 saturated heterocycles. The highest BCUT2D eigenvalue weighted by Gasteiger charge is 2.25. The molecule has 0 spiro atoms. The van der Waals surface area contributed by atoms with E-state index in [9.17, 15) is 13.2 Å². The van der Waals surface area contributed by atoms with Crippen molar-refractivity contribution in [1.29, 1.82) is 0 Å². The van der Waals surface area contributed by atoms with Crippen LogP contribution >= 0.6 is 11.3 Å². The molecule has 20 heavy (non-hydrogen) atoms. The zero-order valence-electron chi connectivity index (χ0n) is 11.7. The number of carboxylic acid groups (broad SMARTS) is 1. The Morgan fingerprint density at radius 2 is 2.25 bits per heavy atom. The molecule has 1 atom stereocenters. The molecule has 0 aliphatic carbocycles. The monoisotopic (exact) mass is 321 g/mol. The quantitative estimate of drug-likeness (QED) is 0.736. The van der Waals surface area contributed by atoms with Crippen LogP contribution in [0.4, 0.5) is 0 Å². The molecule has 7 nitrogen and oxygen atoms in total. The van der Waals surface area contributed by atoms with Gasteiger partial charge >= 0.3 is 5.97 Å². The number of aromatic carboxylic acids is 1. The minimum absolute atomic E-state index is 0.222. The summed E-state index contributed by atoms with van der Waals surface area (Å²) < 4.78 is 26.2. The zero-order chi connectivity index (χ0) is 15.3. The van der Waals surface area contributed by atoms with E-state index in [-0.39, 0.29) is 10.8 Å². The van der Waals surface area contributed by atoms with Crippen LogP contribution in [-0.4, -0.2) is 55.6 Å². The van der Waals surface area contributed by atoms with E-state index in [2.05, 4.69) is 23.6 Å². The van der Waals surface area contributed by atoms with E-state index >= 15 is 0 Å². The molecule has 0 aliphatic heterocycles. The second-order valence-electron chi connectivity index (χ2n) is 4.43. The van der Waals surface area contributed by atoms with Gasteiger partial charge in [0, 0.05) is 19.1 Å². The molecule has 1 aromatic rings. The smallest absolute Gasteiger partial charge is 0.356 e. The first kappa shape index (κ1) is 17.0. The number of sulfonamides is 1. The number of carboxylic acids is 1. The first-order valence-corrected chi connectivity index (χ1v) is 8.52. The highest BCUT2D eigenvalue weighted by atomic mass is 32.2. The molecule has 114 valence electrons. The lowest BCUT2D eigenvalue weighted by atomic mass is 10.2. The van der Waals surface area contributed by atoms with Gasteiger partial charge in [-0.25, -0.2) is 22.9 Å². The van der Waals surface area contributed by atoms with Crippen molar-refractivity contribution >= 4 is 27.3 Å². The van der Waals surface area contributed by atoms with Crippen molar-refractivity contribution in [1.82, 2.24) is 14.6 Å². The second-order valence-corrected chi connectivity index (χ2v) is 7.25. The van der Waals surface area contributed by atoms with Crippen molar-refractivity contribution in [3.63, 3.8) is 0 Å². The third kappa shape index (κ3) is 4.23. The van der Waals surface area contributed by atoms with Crippen LogP contribution in [0.5, 0.6) is 0 Å². The number of hydrogen-bond acceptors (Lipinski definition) is 6. The average Bonchev–Trinajstić information content (AvgIpc) is 2.87. The summed E-state index contributed by atoms with van der Waals surface area (Å²) in [6, 6.07) is 0.359. The highest BCUT2D eigenvalue weighted by Crippen LogP contribution is 2.19. The number of carbonyl (C=O) groups is 1. The summed E-state index contributed by atoms with van der Waals surface area (Å²) in [6.07, 6.45) is 0.973. The third-order valence-electron chi connectivity index (χ3n) is 3.08. The van der Waals surface area contributed by atoms with Crippen molar-refractivity contribution < 1.29 is 18.3 Å². The molecule has 0 bridgehead atoms. The van der Waals surface area contributed by atoms with Crippen LogP contribution in [0.15, 0.2) is 9.72 Å². The Bertz CT molecular complexity index is 556. The van der Waals surface area contributed by atoms with Gasteiger partial charge in [-0.1, -0.05) is 6.92 Å². The van der Waals surface area contributed by atoms with E-state index in [0.29, 0.717) is 12.6 Å². The standard InChI is InChI=1S/C11H19N3O4S2/c1-4-8(2)14(3)6-5-13-20(17,18)11-9(10(15)16)12-7-19-11/h7-8,13H,4-6H2,1-3H3,(H,15,16). The molecular weight excluding hydrogens is 302 g/mol. The number of nitrogens with one attached hydrogen (secondary N) is 1. The highest BCUT2D eigenvalue weighted by molar-refractivity contribution is 7.91. The maximum Gasteiger partial charge on any atom is 0.356 e. The van der Waals surface area contributed by atoms with E-state index in [0.717, 1.165) is 17.8 Å². The van der Waals surface area contributed by atoms with Gasteiger partial charge in [-0.2, -0.15) is 0 Å². The number of nitrogens with zero attached hydrogens (tertiary/aromatic N) is 2. The Labute approximate surface area is 122 Å². The Morgan fingerprint density at radius 3 is 2.80 bits per heavy atom. The summed E-state index contributed by atoms with van der Waals surface area (Å²) in [6.45, 7) is 4.89. The van der Waals surface area contributed by atoms with Gasteiger partial charge in [0.25, 0.3) is 10.0 Å². The molecule has 1 unspecified atom stereocenters. The van der Waals surface area contributed by atoms with Crippen molar-refractivity contribution in [2.24, 2.45) is 0 Å². The summed E-state index contributed by atoms with van der Waals surface area (Å²) >= 11 is 0.798. The Hall–Kier alpha value is -1.03. The van der Waals surface area contributed by atoms with Crippen LogP contribution in [0, 0.1) is 0 Å². The second kappa shape index (κ2) is 7.11. The van der Waals surface area contributed by atoms with Crippen LogP contribution in [0.3, 0.4) is 0 Å². The lowest BCUT2D eigenvalue weighted by Crippen LogP contribution is -2.37. The lowest BCUT2D eigenvalue weighted by molar-refractivity contribution is 0.0687. The molecule has 0 saturated carbocycles. The normalized spacial score (nSPS) is 13.6. The van der Waals surface area contributed by atoms with Gasteiger partial charge in [0.1, 0.15) is 0 Å². The Kier molecular flexibility index (Phi) is 6.06. The fourth-order valence-electron chi connectivity index (χ4n) is 1.52. The average molecular weight is 321 g/mol. The molecule has 0 fully saturated rings. The van der Waals surface area contributed by atoms with E-state index < -0.39 is 21.7 Å². The van der Waals surface area contributed by atoms with E-state index in [1.54, 1.807) is 0 Å². The third-order valence-corrected chi connectivity index (χ3v) is 5.91. The molecule has 1 rings (SSSR count). The fraction of sp³-hybridized carbons (Fsp3) is 0.636. The summed E-state index contributed by atoms with van der Waals surface area (Å²) in [7, 11) is -1.91. The largest absolute Gasteiger partial charge is 0.476 e. The summed E-state index contributed by atoms with van der Waals surface area (Å²) in [5.74, 6) is -1.34. The first-order chi connectivity index (χ1) is 9.29. The van der Waals surface area contributed by atoms with Crippen LogP contribution in [0.2, 0.25) is 0 Å². The molecule has 9 heteroatoms. The molecule has 0 aromatic carbocycles. The number of likely N-dealkylation sites (N-methyl/N-ethyl adjacent to an activating group) is 1. The minimum atomic E-state index is -3.82. The maximum atomic E-state index is 12.0. The molecule has 1 heterocycles. The summed E-state index contributed by atoms with van der Waals surface area (Å²) in [4.78, 5) is 16.5. The van der Waals surface area contributed by atoms with Gasteiger partial charge in [0.2, 0.25) is 0 Å². The van der Waals surface area contributed by atoms with Gasteiger partial charge in [-0.15, -0.1) is 11.3 Å². The minimum Gasteiger partial charge on any atom is -0.476 e. The fourth-order valence-corrected chi connectivity index (χ4v) is 3.73. The summed E-state index contributed by atoms with van der Waals surface area (Å²) in [5, 5.41) is 8.88. The van der Waals surface area contributed by atoms with Gasteiger partial charge in [0.05, 0.1) is 5.51 Å². The molecule has 0 aliphatic rings. The van der Waals surface area contributed by atoms with E-state index in [1.165, 1.54) is 5.51 Å². The SMILES string of the molecule is CCC(C)N(C)CCNS(=O)(=O)c1scnc1C(=O)O. The molecular formula is C11H19N3O4S2. The number of rotatable bonds is 8. The molecule has 0 amide bonds. The van der Waals surface area contributed by atoms with Crippen LogP contribution < -0.4 is 4.72 Å². The first-order valence-electron chi connectivity index (χ1n) is 6.16. The van der Waals surface area contributed by atoms with E-state index in [1.807, 2.05) is 11.9 Å². The van der Waals surface area contributed by atoms with Crippen molar-refractivity contribution in [2.45, 2.75) is 30.5 Å². The predicted molar refractivity (Wildman–Crippen MR) is 76.6 cm³/mol. The molecule has 2 N–H and O–H groups in total. The topological polar surface area (TPSA) is 99.6 Å². The van der Waals surface area contributed by atoms with Crippen molar-refractivity contribution in [3.05, 3.63) is 11.2 Å². The number of aromatic nitrogens is 1. The molecule has 1 aromatic heterocycles. The zero-order valence-corrected chi connectivity index (χ0v) is 13.3. The number of thiazole rings is 1. The van der Waals surface area contributed by atoms with Crippen LogP contribution in [-0.2, 0) is 10.0 Å². The van der Waals surface area contributed by atoms with E-state index in [4.69, 9.17) is 5.11 Å². The number of hydrogen-bond donors (Lipinski definition) is 2. The summed E-state index contributed by atoms with van der Waals surface area (Å²) in [5.41, 5.74) is 0.779. The van der Waals surface area contributed by atoms with Crippen LogP contribution in [0.25, 0.3) is 0 Å². The van der Waals surface area contributed by atoms with Gasteiger partial charge in [-0.05, 0) is 20.4 Å². The van der Waals surface area contributed by atoms with Crippen LogP contribution in [0.1, 0.15) is 30.8 Å². The van der Waals surface area contributed by atoms with Gasteiger partial charge < -0.3 is 10.0 Å². The predicted octanol–water partition coefficient (Wildman–Crippen LogP) is 0.850. The lowest BCUT2D eigenvalue weighted by Gasteiger charge is -2.23. The van der Waals surface area contributed by atoms with Gasteiger partial charge in [-0.3, -0.25) is 0 Å². The van der Waals surface area contributed by atoms with Gasteiger partial charge in [0.15, 0.2) is 9.90 Å².